The molecule has 2 aliphatic rings. The lowest BCUT2D eigenvalue weighted by molar-refractivity contribution is -0.232. The van der Waals surface area contributed by atoms with E-state index in [4.69, 9.17) is 9.84 Å². The van der Waals surface area contributed by atoms with Crippen LogP contribution in [0.1, 0.15) is 6.42 Å². The topological polar surface area (TPSA) is 131 Å². The van der Waals surface area contributed by atoms with E-state index in [0.717, 1.165) is 0 Å². The predicted molar refractivity (Wildman–Crippen MR) is 56.5 cm³/mol. The van der Waals surface area contributed by atoms with Gasteiger partial charge in [0.05, 0.1) is 12.7 Å². The van der Waals surface area contributed by atoms with Crippen LogP contribution in [0.2, 0.25) is 0 Å². The Balaban J connectivity index is 2.12. The largest absolute Gasteiger partial charge is 0.480 e. The first-order valence-corrected chi connectivity index (χ1v) is 5.74. The third-order valence-electron chi connectivity index (χ3n) is 3.40. The number of carboxylic acids is 1. The van der Waals surface area contributed by atoms with Crippen LogP contribution in [0.5, 0.6) is 0 Å². The van der Waals surface area contributed by atoms with Gasteiger partial charge in [0.2, 0.25) is 0 Å². The molecule has 0 saturated carbocycles. The number of hydrogen-bond donors (Lipinski definition) is 5. The highest BCUT2D eigenvalue weighted by molar-refractivity contribution is 5.74. The van der Waals surface area contributed by atoms with Crippen LogP contribution < -0.4 is 0 Å². The molecule has 1 unspecified atom stereocenters. The fourth-order valence-electron chi connectivity index (χ4n) is 2.44. The van der Waals surface area contributed by atoms with Crippen molar-refractivity contribution in [1.29, 1.82) is 0 Å². The molecule has 0 amide bonds. The van der Waals surface area contributed by atoms with Crippen molar-refractivity contribution in [2.75, 3.05) is 13.2 Å². The average molecular weight is 263 g/mol. The molecule has 0 aliphatic carbocycles. The van der Waals surface area contributed by atoms with Crippen LogP contribution in [0, 0.1) is 0 Å². The molecule has 0 aromatic heterocycles. The van der Waals surface area contributed by atoms with Crippen molar-refractivity contribution < 1.29 is 35.1 Å². The fraction of sp³-hybridized carbons (Fsp3) is 0.900. The van der Waals surface area contributed by atoms with Crippen molar-refractivity contribution in [3.8, 4) is 0 Å². The highest BCUT2D eigenvalue weighted by Crippen LogP contribution is 2.27. The lowest BCUT2D eigenvalue weighted by Gasteiger charge is -2.41. The third kappa shape index (κ3) is 2.35. The van der Waals surface area contributed by atoms with E-state index >= 15 is 0 Å². The average Bonchev–Trinajstić information content (AvgIpc) is 2.68. The number of aliphatic hydroxyl groups is 4. The number of β-amino-alcohol motifs (C(OH)–C–C–N with tert-alkyl or cyclic N) is 1. The summed E-state index contributed by atoms with van der Waals surface area (Å²) in [5.74, 6) is -1.12. The lowest BCUT2D eigenvalue weighted by atomic mass is 10.0. The smallest absolute Gasteiger partial charge is 0.321 e. The van der Waals surface area contributed by atoms with Gasteiger partial charge in [0.25, 0.3) is 0 Å². The zero-order chi connectivity index (χ0) is 13.4. The monoisotopic (exact) mass is 263 g/mol. The first-order valence-electron chi connectivity index (χ1n) is 5.74. The van der Waals surface area contributed by atoms with E-state index < -0.39 is 42.7 Å². The summed E-state index contributed by atoms with van der Waals surface area (Å²) in [6.07, 6.45) is -5.82. The quantitative estimate of drug-likeness (QED) is 0.355. The van der Waals surface area contributed by atoms with Crippen molar-refractivity contribution in [3.63, 3.8) is 0 Å². The molecular formula is C10H17NO7. The Bertz CT molecular complexity index is 325. The van der Waals surface area contributed by atoms with E-state index in [9.17, 15) is 25.2 Å². The number of aliphatic carboxylic acids is 1. The maximum Gasteiger partial charge on any atom is 0.321 e. The van der Waals surface area contributed by atoms with Crippen LogP contribution in [0.4, 0.5) is 0 Å². The molecule has 6 atom stereocenters. The zero-order valence-electron chi connectivity index (χ0n) is 9.59. The Hall–Kier alpha value is -0.770. The summed E-state index contributed by atoms with van der Waals surface area (Å²) in [4.78, 5) is 12.3. The van der Waals surface area contributed by atoms with Crippen molar-refractivity contribution >= 4 is 5.97 Å². The number of carboxylic acid groups (broad SMARTS) is 1. The van der Waals surface area contributed by atoms with Crippen molar-refractivity contribution in [2.24, 2.45) is 0 Å². The Morgan fingerprint density at radius 3 is 2.44 bits per heavy atom. The highest BCUT2D eigenvalue weighted by Gasteiger charge is 2.47. The van der Waals surface area contributed by atoms with Crippen LogP contribution >= 0.6 is 0 Å². The second-order valence-corrected chi connectivity index (χ2v) is 4.71. The van der Waals surface area contributed by atoms with Gasteiger partial charge in [-0.05, 0) is 0 Å². The molecule has 8 nitrogen and oxygen atoms in total. The van der Waals surface area contributed by atoms with Gasteiger partial charge in [-0.25, -0.2) is 0 Å². The van der Waals surface area contributed by atoms with Crippen LogP contribution in [-0.2, 0) is 9.53 Å². The SMILES string of the molecule is O=C(O)[C@@H]1C[C@@H](O)CN1C1OC[C@@H](O)[C@@H](O)[C@@H]1O. The van der Waals surface area contributed by atoms with E-state index in [2.05, 4.69) is 0 Å². The number of nitrogens with zero attached hydrogens (tertiary/aromatic N) is 1. The number of carbonyl (C=O) groups is 1. The Labute approximate surface area is 103 Å². The standard InChI is InChI=1S/C10H17NO7/c12-4-1-5(10(16)17)11(2-4)9-8(15)7(14)6(13)3-18-9/h4-9,12-15H,1-3H2,(H,16,17)/t4-,5+,6-,7-,8+,9?/m1/s1. The molecule has 0 aromatic carbocycles. The van der Waals surface area contributed by atoms with Gasteiger partial charge in [0, 0.05) is 13.0 Å². The second-order valence-electron chi connectivity index (χ2n) is 4.71. The minimum Gasteiger partial charge on any atom is -0.480 e. The van der Waals surface area contributed by atoms with E-state index in [-0.39, 0.29) is 19.6 Å². The molecular weight excluding hydrogens is 246 g/mol. The summed E-state index contributed by atoms with van der Waals surface area (Å²) in [6.45, 7) is -0.149. The molecule has 2 fully saturated rings. The van der Waals surface area contributed by atoms with E-state index in [1.54, 1.807) is 0 Å². The Morgan fingerprint density at radius 1 is 1.17 bits per heavy atom. The summed E-state index contributed by atoms with van der Waals surface area (Å²) < 4.78 is 5.18. The molecule has 104 valence electrons. The number of ether oxygens (including phenoxy) is 1. The van der Waals surface area contributed by atoms with Crippen molar-refractivity contribution in [1.82, 2.24) is 4.90 Å². The lowest BCUT2D eigenvalue weighted by Crippen LogP contribution is -2.60. The maximum absolute atomic E-state index is 11.1. The van der Waals surface area contributed by atoms with Crippen molar-refractivity contribution in [2.45, 2.75) is 43.1 Å². The normalized spacial score (nSPS) is 46.2. The molecule has 0 spiro atoms. The highest BCUT2D eigenvalue weighted by atomic mass is 16.5. The van der Waals surface area contributed by atoms with Crippen molar-refractivity contribution in [3.05, 3.63) is 0 Å². The minimum absolute atomic E-state index is 0.0422. The van der Waals surface area contributed by atoms with E-state index in [1.165, 1.54) is 4.90 Å². The van der Waals surface area contributed by atoms with Gasteiger partial charge in [-0.1, -0.05) is 0 Å². The fourth-order valence-corrected chi connectivity index (χ4v) is 2.44. The molecule has 2 rings (SSSR count). The second kappa shape index (κ2) is 5.08. The zero-order valence-corrected chi connectivity index (χ0v) is 9.59. The summed E-state index contributed by atoms with van der Waals surface area (Å²) in [5, 5.41) is 47.2. The van der Waals surface area contributed by atoms with Gasteiger partial charge in [0.1, 0.15) is 30.6 Å². The molecule has 0 bridgehead atoms. The summed E-state index contributed by atoms with van der Waals surface area (Å²) in [6, 6.07) is -0.970. The maximum atomic E-state index is 11.1. The number of rotatable bonds is 2. The van der Waals surface area contributed by atoms with Gasteiger partial charge >= 0.3 is 5.97 Å². The summed E-state index contributed by atoms with van der Waals surface area (Å²) in [7, 11) is 0. The molecule has 5 N–H and O–H groups in total. The van der Waals surface area contributed by atoms with Gasteiger partial charge in [0.15, 0.2) is 0 Å². The van der Waals surface area contributed by atoms with Gasteiger partial charge in [-0.3, -0.25) is 9.69 Å². The third-order valence-corrected chi connectivity index (χ3v) is 3.40. The van der Waals surface area contributed by atoms with E-state index in [1.807, 2.05) is 0 Å². The Morgan fingerprint density at radius 2 is 1.83 bits per heavy atom. The number of aliphatic hydroxyl groups excluding tert-OH is 4. The summed E-state index contributed by atoms with van der Waals surface area (Å²) in [5.41, 5.74) is 0. The minimum atomic E-state index is -1.42. The van der Waals surface area contributed by atoms with Crippen LogP contribution in [0.3, 0.4) is 0 Å². The van der Waals surface area contributed by atoms with Crippen LogP contribution in [0.15, 0.2) is 0 Å². The van der Waals surface area contributed by atoms with E-state index in [0.29, 0.717) is 0 Å². The first-order chi connectivity index (χ1) is 8.41. The van der Waals surface area contributed by atoms with Crippen LogP contribution in [-0.4, -0.2) is 86.2 Å². The molecule has 0 aromatic rings. The molecule has 2 aliphatic heterocycles. The first kappa shape index (κ1) is 13.7. The summed E-state index contributed by atoms with van der Waals surface area (Å²) >= 11 is 0. The molecule has 2 heterocycles. The molecule has 2 saturated heterocycles. The Kier molecular flexibility index (Phi) is 3.85. The number of likely N-dealkylation sites (tertiary alicyclic amines) is 1. The molecule has 8 heteroatoms. The predicted octanol–water partition coefficient (Wildman–Crippen LogP) is -3.05. The van der Waals surface area contributed by atoms with Crippen LogP contribution in [0.25, 0.3) is 0 Å². The molecule has 0 radical (unpaired) electrons. The van der Waals surface area contributed by atoms with Gasteiger partial charge < -0.3 is 30.3 Å². The van der Waals surface area contributed by atoms with Gasteiger partial charge in [-0.15, -0.1) is 0 Å². The molecule has 18 heavy (non-hydrogen) atoms. The van der Waals surface area contributed by atoms with Gasteiger partial charge in [-0.2, -0.15) is 0 Å². The number of hydrogen-bond acceptors (Lipinski definition) is 7.